The van der Waals surface area contributed by atoms with E-state index in [0.29, 0.717) is 16.6 Å². The van der Waals surface area contributed by atoms with Gasteiger partial charge in [0.25, 0.3) is 10.0 Å². The Kier molecular flexibility index (Phi) is 4.13. The Balaban J connectivity index is 2.28. The number of piperidine rings is 1. The molecular formula is C11H16ClNO2S2. The fraction of sp³-hybridized carbons (Fsp3) is 0.636. The van der Waals surface area contributed by atoms with Crippen LogP contribution in [0.1, 0.15) is 31.1 Å². The van der Waals surface area contributed by atoms with E-state index in [1.165, 1.54) is 11.3 Å². The van der Waals surface area contributed by atoms with E-state index in [2.05, 4.69) is 0 Å². The van der Waals surface area contributed by atoms with Gasteiger partial charge in [-0.15, -0.1) is 22.9 Å². The first-order valence-electron chi connectivity index (χ1n) is 5.72. The molecule has 1 unspecified atom stereocenters. The molecule has 17 heavy (non-hydrogen) atoms. The van der Waals surface area contributed by atoms with Crippen molar-refractivity contribution >= 4 is 33.0 Å². The SMILES string of the molecule is CC1CCCCN1S(=O)(=O)c1ccc(CCl)s1. The van der Waals surface area contributed by atoms with Crippen LogP contribution in [0.15, 0.2) is 16.3 Å². The van der Waals surface area contributed by atoms with E-state index in [-0.39, 0.29) is 6.04 Å². The Labute approximate surface area is 111 Å². The van der Waals surface area contributed by atoms with E-state index in [1.807, 2.05) is 6.92 Å². The van der Waals surface area contributed by atoms with Crippen LogP contribution in [0.4, 0.5) is 0 Å². The first-order chi connectivity index (χ1) is 8.05. The second-order valence-electron chi connectivity index (χ2n) is 4.31. The summed E-state index contributed by atoms with van der Waals surface area (Å²) in [6, 6.07) is 3.56. The van der Waals surface area contributed by atoms with Crippen LogP contribution in [0.5, 0.6) is 0 Å². The summed E-state index contributed by atoms with van der Waals surface area (Å²) < 4.78 is 26.9. The molecule has 96 valence electrons. The van der Waals surface area contributed by atoms with Crippen molar-refractivity contribution in [2.75, 3.05) is 6.54 Å². The molecule has 0 amide bonds. The Morgan fingerprint density at radius 2 is 2.24 bits per heavy atom. The maximum absolute atomic E-state index is 12.4. The molecular weight excluding hydrogens is 278 g/mol. The van der Waals surface area contributed by atoms with Gasteiger partial charge in [0.2, 0.25) is 0 Å². The number of alkyl halides is 1. The molecule has 1 atom stereocenters. The van der Waals surface area contributed by atoms with Crippen LogP contribution in [0.3, 0.4) is 0 Å². The second-order valence-corrected chi connectivity index (χ2v) is 7.87. The van der Waals surface area contributed by atoms with Crippen LogP contribution in [-0.2, 0) is 15.9 Å². The Morgan fingerprint density at radius 3 is 2.82 bits per heavy atom. The van der Waals surface area contributed by atoms with Crippen molar-refractivity contribution in [2.24, 2.45) is 0 Å². The van der Waals surface area contributed by atoms with Gasteiger partial charge in [0.05, 0.1) is 5.88 Å². The summed E-state index contributed by atoms with van der Waals surface area (Å²) in [6.07, 6.45) is 3.02. The molecule has 0 saturated carbocycles. The van der Waals surface area contributed by atoms with Gasteiger partial charge in [-0.2, -0.15) is 4.31 Å². The quantitative estimate of drug-likeness (QED) is 0.803. The molecule has 3 nitrogen and oxygen atoms in total. The predicted octanol–water partition coefficient (Wildman–Crippen LogP) is 3.05. The zero-order valence-corrected chi connectivity index (χ0v) is 12.1. The zero-order chi connectivity index (χ0) is 12.5. The standard InChI is InChI=1S/C11H16ClNO2S2/c1-9-4-2-3-7-13(9)17(14,15)11-6-5-10(8-12)16-11/h5-6,9H,2-4,7-8H2,1H3. The summed E-state index contributed by atoms with van der Waals surface area (Å²) in [7, 11) is -3.31. The summed E-state index contributed by atoms with van der Waals surface area (Å²) in [6.45, 7) is 2.62. The molecule has 1 aliphatic rings. The minimum atomic E-state index is -3.31. The predicted molar refractivity (Wildman–Crippen MR) is 71.1 cm³/mol. The maximum atomic E-state index is 12.4. The van der Waals surface area contributed by atoms with Crippen molar-refractivity contribution in [2.45, 2.75) is 42.3 Å². The average molecular weight is 294 g/mol. The molecule has 6 heteroatoms. The van der Waals surface area contributed by atoms with E-state index in [9.17, 15) is 8.42 Å². The van der Waals surface area contributed by atoms with Crippen LogP contribution >= 0.6 is 22.9 Å². The summed E-state index contributed by atoms with van der Waals surface area (Å²) in [4.78, 5) is 0.898. The lowest BCUT2D eigenvalue weighted by atomic mass is 10.1. The fourth-order valence-electron chi connectivity index (χ4n) is 2.11. The molecule has 0 aromatic carbocycles. The zero-order valence-electron chi connectivity index (χ0n) is 9.73. The van der Waals surface area contributed by atoms with Crippen molar-refractivity contribution < 1.29 is 8.42 Å². The summed E-state index contributed by atoms with van der Waals surface area (Å²) in [5.41, 5.74) is 0. The van der Waals surface area contributed by atoms with Crippen LogP contribution in [0.2, 0.25) is 0 Å². The normalized spacial score (nSPS) is 22.8. The highest BCUT2D eigenvalue weighted by Crippen LogP contribution is 2.30. The number of thiophene rings is 1. The molecule has 0 spiro atoms. The first kappa shape index (κ1) is 13.3. The minimum absolute atomic E-state index is 0.107. The molecule has 0 N–H and O–H groups in total. The number of hydrogen-bond acceptors (Lipinski definition) is 3. The van der Waals surface area contributed by atoms with Gasteiger partial charge in [-0.3, -0.25) is 0 Å². The summed E-state index contributed by atoms with van der Waals surface area (Å²) in [5, 5.41) is 0. The highest BCUT2D eigenvalue weighted by atomic mass is 35.5. The van der Waals surface area contributed by atoms with Crippen LogP contribution < -0.4 is 0 Å². The lowest BCUT2D eigenvalue weighted by molar-refractivity contribution is 0.269. The molecule has 0 radical (unpaired) electrons. The summed E-state index contributed by atoms with van der Waals surface area (Å²) >= 11 is 6.98. The van der Waals surface area contributed by atoms with Gasteiger partial charge in [0.1, 0.15) is 4.21 Å². The van der Waals surface area contributed by atoms with E-state index >= 15 is 0 Å². The van der Waals surface area contributed by atoms with Gasteiger partial charge in [0, 0.05) is 17.5 Å². The Hall–Kier alpha value is -0.100. The minimum Gasteiger partial charge on any atom is -0.206 e. The third-order valence-corrected chi connectivity index (χ3v) is 7.09. The molecule has 0 aliphatic carbocycles. The number of rotatable bonds is 3. The van der Waals surface area contributed by atoms with Crippen molar-refractivity contribution in [1.29, 1.82) is 0 Å². The van der Waals surface area contributed by atoms with Gasteiger partial charge in [-0.05, 0) is 31.9 Å². The lowest BCUT2D eigenvalue weighted by Gasteiger charge is -2.31. The maximum Gasteiger partial charge on any atom is 0.252 e. The second kappa shape index (κ2) is 5.26. The molecule has 2 rings (SSSR count). The van der Waals surface area contributed by atoms with E-state index < -0.39 is 10.0 Å². The molecule has 1 aromatic heterocycles. The van der Waals surface area contributed by atoms with Crippen LogP contribution in [0.25, 0.3) is 0 Å². The first-order valence-corrected chi connectivity index (χ1v) is 8.51. The number of nitrogens with zero attached hydrogens (tertiary/aromatic N) is 1. The molecule has 1 aromatic rings. The van der Waals surface area contributed by atoms with E-state index in [0.717, 1.165) is 24.1 Å². The Bertz CT molecular complexity index is 483. The van der Waals surface area contributed by atoms with E-state index in [4.69, 9.17) is 11.6 Å². The highest BCUT2D eigenvalue weighted by Gasteiger charge is 2.31. The van der Waals surface area contributed by atoms with Gasteiger partial charge in [-0.1, -0.05) is 6.42 Å². The third kappa shape index (κ3) is 2.67. The molecule has 0 bridgehead atoms. The molecule has 2 heterocycles. The lowest BCUT2D eigenvalue weighted by Crippen LogP contribution is -2.41. The van der Waals surface area contributed by atoms with Gasteiger partial charge in [0.15, 0.2) is 0 Å². The molecule has 1 saturated heterocycles. The van der Waals surface area contributed by atoms with Crippen molar-refractivity contribution in [3.63, 3.8) is 0 Å². The Morgan fingerprint density at radius 1 is 1.47 bits per heavy atom. The average Bonchev–Trinajstić information content (AvgIpc) is 2.78. The monoisotopic (exact) mass is 293 g/mol. The smallest absolute Gasteiger partial charge is 0.206 e. The fourth-order valence-corrected chi connectivity index (χ4v) is 5.40. The highest BCUT2D eigenvalue weighted by molar-refractivity contribution is 7.91. The number of hydrogen-bond donors (Lipinski definition) is 0. The van der Waals surface area contributed by atoms with Gasteiger partial charge < -0.3 is 0 Å². The topological polar surface area (TPSA) is 37.4 Å². The van der Waals surface area contributed by atoms with Crippen molar-refractivity contribution in [3.8, 4) is 0 Å². The largest absolute Gasteiger partial charge is 0.252 e. The van der Waals surface area contributed by atoms with Crippen LogP contribution in [-0.4, -0.2) is 25.3 Å². The number of halogens is 1. The third-order valence-electron chi connectivity index (χ3n) is 3.07. The van der Waals surface area contributed by atoms with Crippen LogP contribution in [0, 0.1) is 0 Å². The number of sulfonamides is 1. The molecule has 1 aliphatic heterocycles. The van der Waals surface area contributed by atoms with Crippen molar-refractivity contribution in [3.05, 3.63) is 17.0 Å². The summed E-state index contributed by atoms with van der Waals surface area (Å²) in [5.74, 6) is 0.371. The molecule has 1 fully saturated rings. The van der Waals surface area contributed by atoms with Crippen molar-refractivity contribution in [1.82, 2.24) is 4.31 Å². The van der Waals surface area contributed by atoms with Gasteiger partial charge >= 0.3 is 0 Å². The van der Waals surface area contributed by atoms with Gasteiger partial charge in [-0.25, -0.2) is 8.42 Å². The van der Waals surface area contributed by atoms with E-state index in [1.54, 1.807) is 16.4 Å².